The van der Waals surface area contributed by atoms with Gasteiger partial charge in [0.05, 0.1) is 6.04 Å². The van der Waals surface area contributed by atoms with Gasteiger partial charge in [-0.05, 0) is 61.8 Å². The van der Waals surface area contributed by atoms with Crippen molar-refractivity contribution in [3.05, 3.63) is 59.7 Å². The molecule has 156 valence electrons. The summed E-state index contributed by atoms with van der Waals surface area (Å²) in [5.74, 6) is 0.848. The van der Waals surface area contributed by atoms with Crippen molar-refractivity contribution < 1.29 is 14.3 Å². The van der Waals surface area contributed by atoms with E-state index in [0.717, 1.165) is 50.8 Å². The molecular formula is C25H28N2O3. The first kappa shape index (κ1) is 19.2. The number of fused-ring (bicyclic) bond motifs is 1. The van der Waals surface area contributed by atoms with Crippen LogP contribution in [0.15, 0.2) is 48.5 Å². The average Bonchev–Trinajstić information content (AvgIpc) is 3.52. The summed E-state index contributed by atoms with van der Waals surface area (Å²) in [6.07, 6.45) is 6.88. The molecule has 1 atom stereocenters. The van der Waals surface area contributed by atoms with Gasteiger partial charge in [0.2, 0.25) is 5.91 Å². The quantitative estimate of drug-likeness (QED) is 0.723. The Morgan fingerprint density at radius 2 is 1.90 bits per heavy atom. The van der Waals surface area contributed by atoms with Crippen molar-refractivity contribution in [2.45, 2.75) is 57.0 Å². The zero-order valence-corrected chi connectivity index (χ0v) is 17.3. The van der Waals surface area contributed by atoms with E-state index in [1.54, 1.807) is 4.90 Å². The van der Waals surface area contributed by atoms with Gasteiger partial charge in [0.1, 0.15) is 5.75 Å². The van der Waals surface area contributed by atoms with Crippen molar-refractivity contribution in [1.82, 2.24) is 4.90 Å². The Morgan fingerprint density at radius 3 is 2.70 bits per heavy atom. The third kappa shape index (κ3) is 3.81. The third-order valence-corrected chi connectivity index (χ3v) is 6.47. The van der Waals surface area contributed by atoms with Crippen LogP contribution in [0.25, 0.3) is 0 Å². The Labute approximate surface area is 177 Å². The van der Waals surface area contributed by atoms with Gasteiger partial charge in [-0.15, -0.1) is 0 Å². The summed E-state index contributed by atoms with van der Waals surface area (Å²) in [5, 5.41) is 0. The molecule has 5 heteroatoms. The van der Waals surface area contributed by atoms with Crippen molar-refractivity contribution >= 4 is 17.5 Å². The highest BCUT2D eigenvalue weighted by atomic mass is 16.5. The molecule has 2 aromatic carbocycles. The number of anilines is 1. The first-order chi connectivity index (χ1) is 14.7. The number of hydrogen-bond donors (Lipinski definition) is 0. The van der Waals surface area contributed by atoms with Crippen LogP contribution in [0.5, 0.6) is 5.75 Å². The van der Waals surface area contributed by atoms with Crippen LogP contribution in [0.2, 0.25) is 0 Å². The zero-order chi connectivity index (χ0) is 20.5. The van der Waals surface area contributed by atoms with Crippen LogP contribution in [0.3, 0.4) is 0 Å². The van der Waals surface area contributed by atoms with E-state index in [1.165, 1.54) is 11.1 Å². The summed E-state index contributed by atoms with van der Waals surface area (Å²) in [5.41, 5.74) is 3.53. The van der Waals surface area contributed by atoms with E-state index in [1.807, 2.05) is 24.3 Å². The van der Waals surface area contributed by atoms with Crippen molar-refractivity contribution in [3.8, 4) is 5.75 Å². The Kier molecular flexibility index (Phi) is 5.19. The normalized spacial score (nSPS) is 20.7. The smallest absolute Gasteiger partial charge is 0.261 e. The maximum absolute atomic E-state index is 13.2. The number of amides is 2. The lowest BCUT2D eigenvalue weighted by molar-refractivity contribution is -0.137. The highest BCUT2D eigenvalue weighted by Crippen LogP contribution is 2.40. The van der Waals surface area contributed by atoms with E-state index < -0.39 is 0 Å². The maximum atomic E-state index is 13.2. The summed E-state index contributed by atoms with van der Waals surface area (Å²) in [6.45, 7) is 0.782. The molecule has 1 aliphatic heterocycles. The molecule has 0 spiro atoms. The number of carbonyl (C=O) groups excluding carboxylic acids is 2. The number of hydrogen-bond acceptors (Lipinski definition) is 3. The van der Waals surface area contributed by atoms with Crippen LogP contribution in [0, 0.1) is 0 Å². The van der Waals surface area contributed by atoms with Gasteiger partial charge in [-0.3, -0.25) is 9.59 Å². The number of rotatable bonds is 6. The molecule has 0 bridgehead atoms. The highest BCUT2D eigenvalue weighted by molar-refractivity contribution is 5.95. The number of nitrogens with zero attached hydrogens (tertiary/aromatic N) is 2. The number of benzene rings is 2. The third-order valence-electron chi connectivity index (χ3n) is 6.47. The summed E-state index contributed by atoms with van der Waals surface area (Å²) in [7, 11) is 0. The van der Waals surface area contributed by atoms with Crippen LogP contribution in [0.1, 0.15) is 55.7 Å². The molecule has 5 rings (SSSR count). The van der Waals surface area contributed by atoms with Gasteiger partial charge in [-0.2, -0.15) is 0 Å². The molecule has 0 N–H and O–H groups in total. The van der Waals surface area contributed by atoms with Gasteiger partial charge >= 0.3 is 0 Å². The Hall–Kier alpha value is -2.82. The largest absolute Gasteiger partial charge is 0.484 e. The molecule has 2 fully saturated rings. The lowest BCUT2D eigenvalue weighted by atomic mass is 9.86. The van der Waals surface area contributed by atoms with Gasteiger partial charge in [-0.1, -0.05) is 30.3 Å². The molecule has 1 saturated heterocycles. The van der Waals surface area contributed by atoms with E-state index in [4.69, 9.17) is 4.74 Å². The fourth-order valence-corrected chi connectivity index (χ4v) is 4.88. The molecule has 1 heterocycles. The molecule has 5 nitrogen and oxygen atoms in total. The first-order valence-electron chi connectivity index (χ1n) is 11.1. The number of carbonyl (C=O) groups is 2. The summed E-state index contributed by atoms with van der Waals surface area (Å²) in [6, 6.07) is 16.6. The van der Waals surface area contributed by atoms with Crippen molar-refractivity contribution in [2.75, 3.05) is 18.1 Å². The molecule has 0 radical (unpaired) electrons. The van der Waals surface area contributed by atoms with Crippen LogP contribution >= 0.6 is 0 Å². The maximum Gasteiger partial charge on any atom is 0.261 e. The van der Waals surface area contributed by atoms with E-state index >= 15 is 0 Å². The Bertz CT molecular complexity index is 953. The van der Waals surface area contributed by atoms with Gasteiger partial charge in [-0.25, -0.2) is 0 Å². The first-order valence-corrected chi connectivity index (χ1v) is 11.1. The molecule has 2 amide bonds. The Morgan fingerprint density at radius 1 is 1.03 bits per heavy atom. The van der Waals surface area contributed by atoms with Gasteiger partial charge in [0.25, 0.3) is 5.91 Å². The highest BCUT2D eigenvalue weighted by Gasteiger charge is 2.39. The standard InChI is InChI=1S/C25H28N2O3/c28-24-12-5-15-26(24)20-8-4-9-21(16-20)30-17-25(29)27(19-13-14-19)23-11-3-7-18-6-1-2-10-22(18)23/h1-2,4,6,8-10,16,19,23H,3,5,7,11-15,17H2. The minimum atomic E-state index is 0.0343. The van der Waals surface area contributed by atoms with Crippen molar-refractivity contribution in [1.29, 1.82) is 0 Å². The van der Waals surface area contributed by atoms with Gasteiger partial charge in [0.15, 0.2) is 6.61 Å². The van der Waals surface area contributed by atoms with E-state index in [2.05, 4.69) is 29.2 Å². The van der Waals surface area contributed by atoms with E-state index in [9.17, 15) is 9.59 Å². The molecular weight excluding hydrogens is 376 g/mol. The van der Waals surface area contributed by atoms with Crippen LogP contribution in [-0.4, -0.2) is 35.9 Å². The zero-order valence-electron chi connectivity index (χ0n) is 17.3. The molecule has 30 heavy (non-hydrogen) atoms. The number of aryl methyl sites for hydroxylation is 1. The average molecular weight is 405 g/mol. The monoisotopic (exact) mass is 404 g/mol. The second-order valence-electron chi connectivity index (χ2n) is 8.57. The van der Waals surface area contributed by atoms with E-state index in [0.29, 0.717) is 18.2 Å². The van der Waals surface area contributed by atoms with Crippen LogP contribution in [0.4, 0.5) is 5.69 Å². The fourth-order valence-electron chi connectivity index (χ4n) is 4.88. The molecule has 2 aliphatic carbocycles. The molecule has 1 unspecified atom stereocenters. The topological polar surface area (TPSA) is 49.9 Å². The predicted molar refractivity (Wildman–Crippen MR) is 116 cm³/mol. The second kappa shape index (κ2) is 8.13. The van der Waals surface area contributed by atoms with Gasteiger partial charge in [0, 0.05) is 30.8 Å². The lowest BCUT2D eigenvalue weighted by Gasteiger charge is -2.36. The van der Waals surface area contributed by atoms with Gasteiger partial charge < -0.3 is 14.5 Å². The number of ether oxygens (including phenoxy) is 1. The lowest BCUT2D eigenvalue weighted by Crippen LogP contribution is -2.41. The molecule has 3 aliphatic rings. The summed E-state index contributed by atoms with van der Waals surface area (Å²) < 4.78 is 5.91. The molecule has 2 aromatic rings. The Balaban J connectivity index is 1.29. The van der Waals surface area contributed by atoms with E-state index in [-0.39, 0.29) is 24.5 Å². The second-order valence-corrected chi connectivity index (χ2v) is 8.57. The SMILES string of the molecule is O=C1CCCN1c1cccc(OCC(=O)N(C2CC2)C2CCCc3ccccc32)c1. The fraction of sp³-hybridized carbons (Fsp3) is 0.440. The van der Waals surface area contributed by atoms with Crippen LogP contribution in [-0.2, 0) is 16.0 Å². The van der Waals surface area contributed by atoms with Crippen molar-refractivity contribution in [3.63, 3.8) is 0 Å². The molecule has 1 saturated carbocycles. The summed E-state index contributed by atoms with van der Waals surface area (Å²) >= 11 is 0. The van der Waals surface area contributed by atoms with Crippen LogP contribution < -0.4 is 9.64 Å². The van der Waals surface area contributed by atoms with Crippen molar-refractivity contribution in [2.24, 2.45) is 0 Å². The predicted octanol–water partition coefficient (Wildman–Crippen LogP) is 4.26. The minimum Gasteiger partial charge on any atom is -0.484 e. The summed E-state index contributed by atoms with van der Waals surface area (Å²) in [4.78, 5) is 29.1. The minimum absolute atomic E-state index is 0.0343. The molecule has 0 aromatic heterocycles.